The quantitative estimate of drug-likeness (QED) is 0.0800. The third-order valence-corrected chi connectivity index (χ3v) is 14.6. The van der Waals surface area contributed by atoms with E-state index in [2.05, 4.69) is 109 Å². The zero-order valence-corrected chi connectivity index (χ0v) is 39.9. The van der Waals surface area contributed by atoms with Crippen LogP contribution in [0.2, 0.25) is 0 Å². The number of carbonyl (C=O) groups excluding carboxylic acids is 1. The summed E-state index contributed by atoms with van der Waals surface area (Å²) in [4.78, 5) is 20.0. The van der Waals surface area contributed by atoms with Crippen molar-refractivity contribution in [3.63, 3.8) is 0 Å². The first kappa shape index (κ1) is 45.6. The average Bonchev–Trinajstić information content (AvgIpc) is 3.68. The van der Waals surface area contributed by atoms with E-state index in [0.717, 1.165) is 48.7 Å². The van der Waals surface area contributed by atoms with E-state index >= 15 is 0 Å². The molecule has 0 aliphatic heterocycles. The molecule has 0 aliphatic rings. The minimum atomic E-state index is -0.337. The molecule has 3 aromatic heterocycles. The molecule has 0 atom stereocenters. The Kier molecular flexibility index (Phi) is 14.8. The number of aromatic nitrogens is 1. The van der Waals surface area contributed by atoms with Gasteiger partial charge in [-0.2, -0.15) is 0 Å². The van der Waals surface area contributed by atoms with Crippen molar-refractivity contribution in [1.82, 2.24) is 4.98 Å². The number of aliphatic hydroxyl groups is 1. The summed E-state index contributed by atoms with van der Waals surface area (Å²) in [5.74, 6) is 0.910. The van der Waals surface area contributed by atoms with Crippen molar-refractivity contribution in [2.24, 2.45) is 16.7 Å². The normalized spacial score (nSPS) is 12.6. The number of aryl methyl sites for hydroxylation is 2. The molecular formula is C50H62IrNO2S2-. The van der Waals surface area contributed by atoms with E-state index in [1.54, 1.807) is 0 Å². The molecule has 6 heteroatoms. The van der Waals surface area contributed by atoms with Crippen LogP contribution in [0.3, 0.4) is 0 Å². The molecule has 0 saturated carbocycles. The molecule has 1 radical (unpaired) electrons. The van der Waals surface area contributed by atoms with Crippen LogP contribution in [-0.4, -0.2) is 15.9 Å². The van der Waals surface area contributed by atoms with Gasteiger partial charge in [-0.25, -0.2) is 0 Å². The molecule has 301 valence electrons. The van der Waals surface area contributed by atoms with E-state index in [0.29, 0.717) is 5.92 Å². The van der Waals surface area contributed by atoms with E-state index in [-0.39, 0.29) is 47.9 Å². The number of benzene rings is 3. The van der Waals surface area contributed by atoms with Crippen molar-refractivity contribution in [2.45, 2.75) is 128 Å². The number of hydrogen-bond donors (Lipinski definition) is 1. The number of ketones is 1. The number of rotatable bonds is 11. The molecule has 0 fully saturated rings. The standard InChI is InChI=1S/C35H34NS2.C15H28O2.Ir/c1-20(2)17-27-22(4)37-29-14-10-13-26(32(27)29)34-21(3)31-30(38-34)15-16-36-33(31)24-18-23-11-8-9-12-25(23)28(19-24)35(5,6)7;1-7-14(5,8-2)12(16)11-13(17)15(6,9-3)10-4;/h8-16,19-20H,17H2,1-7H3;11,16H,7-10H2,1-6H3;/q-1;;/b;12-11-;. The number of allylic oxidation sites excluding steroid dienone is 2. The predicted octanol–water partition coefficient (Wildman–Crippen LogP) is 15.6. The van der Waals surface area contributed by atoms with Crippen molar-refractivity contribution in [2.75, 3.05) is 0 Å². The van der Waals surface area contributed by atoms with Gasteiger partial charge in [0.1, 0.15) is 5.76 Å². The molecule has 1 N–H and O–H groups in total. The second-order valence-corrected chi connectivity index (χ2v) is 19.6. The van der Waals surface area contributed by atoms with Crippen LogP contribution in [0.5, 0.6) is 0 Å². The number of hydrogen-bond acceptors (Lipinski definition) is 5. The third kappa shape index (κ3) is 9.10. The average molecular weight is 965 g/mol. The summed E-state index contributed by atoms with van der Waals surface area (Å²) in [6.45, 7) is 28.2. The Bertz CT molecular complexity index is 2340. The van der Waals surface area contributed by atoms with Crippen LogP contribution < -0.4 is 0 Å². The van der Waals surface area contributed by atoms with Crippen molar-refractivity contribution in [1.29, 1.82) is 0 Å². The van der Waals surface area contributed by atoms with E-state index in [4.69, 9.17) is 4.98 Å². The number of thiophene rings is 2. The van der Waals surface area contributed by atoms with Gasteiger partial charge in [0.2, 0.25) is 0 Å². The SMILES string of the molecule is CCC(C)(CC)C(=O)/C=C(\O)C(C)(CC)CC.Cc1sc2cccc(-c3sc4ccnc(-c5[c-]c6ccccc6c(C(C)(C)C)c5)c4c3C)c2c1CC(C)C.[Ir]. The van der Waals surface area contributed by atoms with Crippen LogP contribution in [0.1, 0.15) is 123 Å². The van der Waals surface area contributed by atoms with E-state index in [9.17, 15) is 9.90 Å². The summed E-state index contributed by atoms with van der Waals surface area (Å²) in [5, 5.41) is 15.3. The zero-order chi connectivity index (χ0) is 40.5. The minimum Gasteiger partial charge on any atom is -0.512 e. The molecule has 0 unspecified atom stereocenters. The van der Waals surface area contributed by atoms with Crippen LogP contribution in [0.4, 0.5) is 0 Å². The summed E-state index contributed by atoms with van der Waals surface area (Å²) in [6, 6.07) is 23.7. The van der Waals surface area contributed by atoms with Crippen LogP contribution in [-0.2, 0) is 36.7 Å². The zero-order valence-electron chi connectivity index (χ0n) is 35.9. The van der Waals surface area contributed by atoms with Gasteiger partial charge in [0.15, 0.2) is 5.78 Å². The number of fused-ring (bicyclic) bond motifs is 3. The first-order chi connectivity index (χ1) is 25.9. The molecule has 3 aromatic carbocycles. The maximum Gasteiger partial charge on any atom is 0.164 e. The van der Waals surface area contributed by atoms with Crippen molar-refractivity contribution >= 4 is 59.4 Å². The molecule has 3 heterocycles. The maximum absolute atomic E-state index is 12.2. The molecule has 0 spiro atoms. The molecule has 6 rings (SSSR count). The summed E-state index contributed by atoms with van der Waals surface area (Å²) in [5.41, 5.74) is 7.07. The third-order valence-electron chi connectivity index (χ3n) is 12.2. The van der Waals surface area contributed by atoms with Crippen LogP contribution in [0.15, 0.2) is 72.6 Å². The molecular weight excluding hydrogens is 903 g/mol. The summed E-state index contributed by atoms with van der Waals surface area (Å²) in [6.07, 6.45) is 7.84. The van der Waals surface area contributed by atoms with Crippen LogP contribution in [0, 0.1) is 36.7 Å². The van der Waals surface area contributed by atoms with Crippen molar-refractivity contribution in [3.8, 4) is 21.7 Å². The Balaban J connectivity index is 0.000000330. The Morgan fingerprint density at radius 1 is 0.839 bits per heavy atom. The van der Waals surface area contributed by atoms with Gasteiger partial charge in [0.25, 0.3) is 0 Å². The van der Waals surface area contributed by atoms with Gasteiger partial charge < -0.3 is 5.11 Å². The summed E-state index contributed by atoms with van der Waals surface area (Å²) < 4.78 is 2.68. The maximum atomic E-state index is 12.2. The molecule has 56 heavy (non-hydrogen) atoms. The Morgan fingerprint density at radius 2 is 1.46 bits per heavy atom. The molecule has 0 aliphatic carbocycles. The van der Waals surface area contributed by atoms with Crippen molar-refractivity contribution in [3.05, 3.63) is 100 Å². The Hall–Kier alpha value is -3.15. The van der Waals surface area contributed by atoms with Gasteiger partial charge in [-0.15, -0.1) is 51.8 Å². The molecule has 6 aromatic rings. The van der Waals surface area contributed by atoms with Gasteiger partial charge in [-0.3, -0.25) is 9.78 Å². The van der Waals surface area contributed by atoms with Crippen LogP contribution in [0.25, 0.3) is 52.6 Å². The topological polar surface area (TPSA) is 50.2 Å². The largest absolute Gasteiger partial charge is 0.512 e. The smallest absolute Gasteiger partial charge is 0.164 e. The van der Waals surface area contributed by atoms with E-state index < -0.39 is 0 Å². The van der Waals surface area contributed by atoms with E-state index in [1.165, 1.54) is 63.6 Å². The number of aliphatic hydroxyl groups excluding tert-OH is 1. The summed E-state index contributed by atoms with van der Waals surface area (Å²) in [7, 11) is 0. The van der Waals surface area contributed by atoms with Gasteiger partial charge >= 0.3 is 0 Å². The van der Waals surface area contributed by atoms with Crippen LogP contribution >= 0.6 is 22.7 Å². The number of pyridine rings is 1. The molecule has 0 amide bonds. The second kappa shape index (κ2) is 18.2. The van der Waals surface area contributed by atoms with Gasteiger partial charge in [0.05, 0.1) is 0 Å². The predicted molar refractivity (Wildman–Crippen MR) is 242 cm³/mol. The first-order valence-electron chi connectivity index (χ1n) is 20.2. The monoisotopic (exact) mass is 965 g/mol. The van der Waals surface area contributed by atoms with Gasteiger partial charge in [-0.1, -0.05) is 117 Å². The Morgan fingerprint density at radius 3 is 2.07 bits per heavy atom. The fraction of sp³-hybridized carbons (Fsp3) is 0.440. The number of carbonyl (C=O) groups is 1. The minimum absolute atomic E-state index is 0. The van der Waals surface area contributed by atoms with Crippen molar-refractivity contribution < 1.29 is 30.0 Å². The first-order valence-corrected chi connectivity index (χ1v) is 21.9. The summed E-state index contributed by atoms with van der Waals surface area (Å²) >= 11 is 3.84. The van der Waals surface area contributed by atoms with E-state index in [1.807, 2.05) is 70.4 Å². The van der Waals surface area contributed by atoms with Gasteiger partial charge in [0, 0.05) is 79.0 Å². The second-order valence-electron chi connectivity index (χ2n) is 17.3. The molecule has 0 bridgehead atoms. The number of nitrogens with zero attached hydrogens (tertiary/aromatic N) is 1. The molecule has 3 nitrogen and oxygen atoms in total. The van der Waals surface area contributed by atoms with Gasteiger partial charge in [-0.05, 0) is 85.9 Å². The molecule has 0 saturated heterocycles. The Labute approximate surface area is 358 Å². The fourth-order valence-electron chi connectivity index (χ4n) is 7.49. The fourth-order valence-corrected chi connectivity index (χ4v) is 9.84.